The zero-order valence-corrected chi connectivity index (χ0v) is 12.9. The number of nitrogens with one attached hydrogen (secondary N) is 1. The molecule has 0 spiro atoms. The minimum Gasteiger partial charge on any atom is -0.349 e. The van der Waals surface area contributed by atoms with Crippen LogP contribution < -0.4 is 5.32 Å². The monoisotopic (exact) mass is 282 g/mol. The second-order valence-corrected chi connectivity index (χ2v) is 5.24. The van der Waals surface area contributed by atoms with E-state index in [-0.39, 0.29) is 11.9 Å². The largest absolute Gasteiger partial charge is 0.349 e. The van der Waals surface area contributed by atoms with Crippen molar-refractivity contribution in [1.82, 2.24) is 9.88 Å². The Hall–Kier alpha value is -2.29. The van der Waals surface area contributed by atoms with Crippen LogP contribution in [0, 0.1) is 13.8 Å². The highest BCUT2D eigenvalue weighted by Crippen LogP contribution is 2.25. The van der Waals surface area contributed by atoms with Crippen molar-refractivity contribution in [3.05, 3.63) is 71.6 Å². The molecule has 1 amide bonds. The molecule has 0 aliphatic heterocycles. The number of aromatic nitrogens is 1. The molecule has 21 heavy (non-hydrogen) atoms. The average molecular weight is 282 g/mol. The summed E-state index contributed by atoms with van der Waals surface area (Å²) in [5.74, 6) is -0.0467. The first-order valence-electron chi connectivity index (χ1n) is 7.18. The van der Waals surface area contributed by atoms with E-state index in [2.05, 4.69) is 35.5 Å². The van der Waals surface area contributed by atoms with Crippen molar-refractivity contribution in [2.75, 3.05) is 6.54 Å². The fourth-order valence-corrected chi connectivity index (χ4v) is 2.74. The average Bonchev–Trinajstić information content (AvgIpc) is 2.80. The summed E-state index contributed by atoms with van der Waals surface area (Å²) in [5, 5.41) is 2.84. The van der Waals surface area contributed by atoms with Crippen molar-refractivity contribution in [2.24, 2.45) is 0 Å². The molecule has 1 aromatic heterocycles. The molecule has 0 aliphatic carbocycles. The Morgan fingerprint density at radius 2 is 2.00 bits per heavy atom. The van der Waals surface area contributed by atoms with Crippen LogP contribution in [-0.2, 0) is 0 Å². The van der Waals surface area contributed by atoms with Gasteiger partial charge in [0.25, 0.3) is 5.91 Å². The molecule has 0 bridgehead atoms. The summed E-state index contributed by atoms with van der Waals surface area (Å²) in [6.45, 7) is 10.3. The number of benzene rings is 1. The summed E-state index contributed by atoms with van der Waals surface area (Å²) in [6.07, 6.45) is 1.68. The Morgan fingerprint density at radius 1 is 1.33 bits per heavy atom. The lowest BCUT2D eigenvalue weighted by molar-refractivity contribution is 0.0957. The highest BCUT2D eigenvalue weighted by molar-refractivity contribution is 5.95. The van der Waals surface area contributed by atoms with Gasteiger partial charge in [0.1, 0.15) is 0 Å². The molecule has 1 aromatic carbocycles. The predicted molar refractivity (Wildman–Crippen MR) is 86.7 cm³/mol. The summed E-state index contributed by atoms with van der Waals surface area (Å²) in [5.41, 5.74) is 4.05. The van der Waals surface area contributed by atoms with Crippen LogP contribution in [-0.4, -0.2) is 17.0 Å². The summed E-state index contributed by atoms with van der Waals surface area (Å²) in [4.78, 5) is 12.2. The summed E-state index contributed by atoms with van der Waals surface area (Å²) in [7, 11) is 0. The van der Waals surface area contributed by atoms with Crippen LogP contribution in [0.2, 0.25) is 0 Å². The van der Waals surface area contributed by atoms with E-state index in [1.807, 2.05) is 38.1 Å². The zero-order valence-electron chi connectivity index (χ0n) is 12.9. The zero-order chi connectivity index (χ0) is 15.4. The smallest absolute Gasteiger partial charge is 0.253 e. The second-order valence-electron chi connectivity index (χ2n) is 5.24. The summed E-state index contributed by atoms with van der Waals surface area (Å²) >= 11 is 0. The second kappa shape index (κ2) is 6.44. The molecule has 2 rings (SSSR count). The third-order valence-electron chi connectivity index (χ3n) is 3.81. The van der Waals surface area contributed by atoms with Crippen LogP contribution >= 0.6 is 0 Å². The van der Waals surface area contributed by atoms with E-state index in [0.29, 0.717) is 6.54 Å². The topological polar surface area (TPSA) is 34.0 Å². The minimum absolute atomic E-state index is 0.0467. The molecule has 0 fully saturated rings. The lowest BCUT2D eigenvalue weighted by Crippen LogP contribution is -2.24. The number of hydrogen-bond donors (Lipinski definition) is 1. The van der Waals surface area contributed by atoms with Crippen LogP contribution in [0.5, 0.6) is 0 Å². The summed E-state index contributed by atoms with van der Waals surface area (Å²) < 4.78 is 2.21. The van der Waals surface area contributed by atoms with Gasteiger partial charge in [-0.3, -0.25) is 4.79 Å². The molecule has 0 saturated heterocycles. The first-order valence-corrected chi connectivity index (χ1v) is 7.18. The Kier molecular flexibility index (Phi) is 4.63. The third kappa shape index (κ3) is 3.07. The van der Waals surface area contributed by atoms with Gasteiger partial charge in [0, 0.05) is 17.9 Å². The van der Waals surface area contributed by atoms with Gasteiger partial charge in [0.2, 0.25) is 0 Å². The number of carbonyl (C=O) groups is 1. The molecule has 2 aromatic rings. The van der Waals surface area contributed by atoms with Gasteiger partial charge in [0.15, 0.2) is 0 Å². The highest BCUT2D eigenvalue weighted by atomic mass is 16.1. The fourth-order valence-electron chi connectivity index (χ4n) is 2.74. The van der Waals surface area contributed by atoms with Gasteiger partial charge in [-0.1, -0.05) is 36.4 Å². The van der Waals surface area contributed by atoms with Crippen LogP contribution in [0.25, 0.3) is 0 Å². The number of rotatable bonds is 5. The van der Waals surface area contributed by atoms with Crippen LogP contribution in [0.1, 0.15) is 40.3 Å². The first-order chi connectivity index (χ1) is 10.1. The lowest BCUT2D eigenvalue weighted by Gasteiger charge is -2.19. The van der Waals surface area contributed by atoms with Crippen LogP contribution in [0.3, 0.4) is 0 Å². The number of carbonyl (C=O) groups excluding carboxylic acids is 1. The lowest BCUT2D eigenvalue weighted by atomic mass is 10.1. The van der Waals surface area contributed by atoms with Crippen LogP contribution in [0.15, 0.2) is 49.1 Å². The van der Waals surface area contributed by atoms with E-state index in [1.165, 1.54) is 5.56 Å². The SMILES string of the molecule is C=CCNC(=O)c1cc(C)n([C@@H](C)c2ccccc2)c1C. The fraction of sp³-hybridized carbons (Fsp3) is 0.278. The maximum absolute atomic E-state index is 12.2. The first kappa shape index (κ1) is 15.1. The van der Waals surface area contributed by atoms with E-state index in [1.54, 1.807) is 6.08 Å². The normalized spacial score (nSPS) is 12.0. The molecule has 1 N–H and O–H groups in total. The van der Waals surface area contributed by atoms with Crippen molar-refractivity contribution >= 4 is 5.91 Å². The van der Waals surface area contributed by atoms with E-state index in [0.717, 1.165) is 17.0 Å². The predicted octanol–water partition coefficient (Wildman–Crippen LogP) is 3.63. The Labute approximate surface area is 126 Å². The van der Waals surface area contributed by atoms with Crippen molar-refractivity contribution < 1.29 is 4.79 Å². The molecule has 3 heteroatoms. The van der Waals surface area contributed by atoms with Gasteiger partial charge >= 0.3 is 0 Å². The molecule has 0 unspecified atom stereocenters. The van der Waals surface area contributed by atoms with Gasteiger partial charge in [-0.05, 0) is 32.4 Å². The Morgan fingerprint density at radius 3 is 2.62 bits per heavy atom. The van der Waals surface area contributed by atoms with Gasteiger partial charge in [-0.2, -0.15) is 0 Å². The Bertz CT molecular complexity index is 641. The van der Waals surface area contributed by atoms with Gasteiger partial charge < -0.3 is 9.88 Å². The summed E-state index contributed by atoms with van der Waals surface area (Å²) in [6, 6.07) is 12.5. The van der Waals surface area contributed by atoms with Gasteiger partial charge in [-0.25, -0.2) is 0 Å². The molecule has 0 aliphatic rings. The standard InChI is InChI=1S/C18H22N2O/c1-5-11-19-18(21)17-12-13(2)20(15(17)4)14(3)16-9-7-6-8-10-16/h5-10,12,14H,1,11H2,2-4H3,(H,19,21)/t14-/m0/s1. The molecule has 3 nitrogen and oxygen atoms in total. The van der Waals surface area contributed by atoms with E-state index < -0.39 is 0 Å². The maximum Gasteiger partial charge on any atom is 0.253 e. The molecule has 1 heterocycles. The third-order valence-corrected chi connectivity index (χ3v) is 3.81. The number of amides is 1. The van der Waals surface area contributed by atoms with Gasteiger partial charge in [-0.15, -0.1) is 6.58 Å². The van der Waals surface area contributed by atoms with Gasteiger partial charge in [0.05, 0.1) is 11.6 Å². The Balaban J connectivity index is 2.35. The van der Waals surface area contributed by atoms with E-state index in [4.69, 9.17) is 0 Å². The quantitative estimate of drug-likeness (QED) is 0.835. The molecule has 110 valence electrons. The van der Waals surface area contributed by atoms with Crippen molar-refractivity contribution in [3.8, 4) is 0 Å². The van der Waals surface area contributed by atoms with E-state index in [9.17, 15) is 4.79 Å². The van der Waals surface area contributed by atoms with Crippen LogP contribution in [0.4, 0.5) is 0 Å². The van der Waals surface area contributed by atoms with Crippen molar-refractivity contribution in [1.29, 1.82) is 0 Å². The van der Waals surface area contributed by atoms with Crippen molar-refractivity contribution in [3.63, 3.8) is 0 Å². The number of aryl methyl sites for hydroxylation is 1. The molecule has 0 radical (unpaired) electrons. The van der Waals surface area contributed by atoms with E-state index >= 15 is 0 Å². The molecule has 1 atom stereocenters. The molecular formula is C18H22N2O. The highest BCUT2D eigenvalue weighted by Gasteiger charge is 2.19. The molecular weight excluding hydrogens is 260 g/mol. The maximum atomic E-state index is 12.2. The minimum atomic E-state index is -0.0467. The molecule has 0 saturated carbocycles. The number of nitrogens with zero attached hydrogens (tertiary/aromatic N) is 1. The number of hydrogen-bond acceptors (Lipinski definition) is 1. The van der Waals surface area contributed by atoms with Crippen molar-refractivity contribution in [2.45, 2.75) is 26.8 Å².